The number of hydrogen-bond donors (Lipinski definition) is 1. The predicted octanol–water partition coefficient (Wildman–Crippen LogP) is 6.62. The third kappa shape index (κ3) is 3.50. The van der Waals surface area contributed by atoms with Gasteiger partial charge in [-0.2, -0.15) is 0 Å². The Morgan fingerprint density at radius 1 is 1.17 bits per heavy atom. The minimum absolute atomic E-state index is 0.110. The molecule has 2 aromatic rings. The monoisotopic (exact) mass is 491 g/mol. The number of benzene rings is 1. The molecule has 4 aliphatic rings. The number of thiazole rings is 1. The summed E-state index contributed by atoms with van der Waals surface area (Å²) in [6.45, 7) is 7.18. The van der Waals surface area contributed by atoms with Crippen molar-refractivity contribution in [2.45, 2.75) is 72.1 Å². The van der Waals surface area contributed by atoms with Crippen molar-refractivity contribution >= 4 is 38.5 Å². The zero-order valence-corrected chi connectivity index (χ0v) is 22.2. The number of rotatable bonds is 3. The fourth-order valence-electron chi connectivity index (χ4n) is 8.87. The standard InChI is InChI=1S/C29H37N3O2S/c1-17-15-19-20-10-9-18(16-24(33)31-27-30-22-7-5-6-8-23(22)35-27)28(20,2)13-11-21(19)29(3)14-12-25(34)32(4)26(17)29/h5-8,18-21H,9-16H2,1-4H3,(H,30,31,33)/t18-,19+,20+,21+,28-,29-/m1/s1. The van der Waals surface area contributed by atoms with E-state index in [1.807, 2.05) is 30.1 Å². The molecule has 2 saturated carbocycles. The van der Waals surface area contributed by atoms with Crippen molar-refractivity contribution in [2.24, 2.45) is 34.5 Å². The number of nitrogens with zero attached hydrogens (tertiary/aromatic N) is 2. The summed E-state index contributed by atoms with van der Waals surface area (Å²) in [5.41, 5.74) is 4.02. The van der Waals surface area contributed by atoms with Gasteiger partial charge in [-0.05, 0) is 86.7 Å². The highest BCUT2D eigenvalue weighted by Gasteiger charge is 2.60. The predicted molar refractivity (Wildman–Crippen MR) is 141 cm³/mol. The highest BCUT2D eigenvalue weighted by atomic mass is 32.1. The van der Waals surface area contributed by atoms with Crippen LogP contribution in [0.5, 0.6) is 0 Å². The van der Waals surface area contributed by atoms with Crippen LogP contribution in [-0.2, 0) is 9.59 Å². The number of amides is 2. The van der Waals surface area contributed by atoms with E-state index in [4.69, 9.17) is 0 Å². The van der Waals surface area contributed by atoms with E-state index in [0.717, 1.165) is 29.5 Å². The molecule has 6 rings (SSSR count). The van der Waals surface area contributed by atoms with Crippen LogP contribution >= 0.6 is 11.3 Å². The van der Waals surface area contributed by atoms with Gasteiger partial charge in [0.05, 0.1) is 10.2 Å². The van der Waals surface area contributed by atoms with Crippen LogP contribution in [0, 0.1) is 34.5 Å². The molecule has 1 aromatic carbocycles. The summed E-state index contributed by atoms with van der Waals surface area (Å²) < 4.78 is 1.11. The molecule has 6 heteroatoms. The largest absolute Gasteiger partial charge is 0.319 e. The number of para-hydroxylation sites is 1. The summed E-state index contributed by atoms with van der Waals surface area (Å²) in [6.07, 6.45) is 8.13. The van der Waals surface area contributed by atoms with E-state index in [1.165, 1.54) is 30.5 Å². The molecule has 1 aliphatic heterocycles. The number of allylic oxidation sites excluding steroid dienone is 2. The molecule has 1 N–H and O–H groups in total. The highest BCUT2D eigenvalue weighted by molar-refractivity contribution is 7.22. The summed E-state index contributed by atoms with van der Waals surface area (Å²) in [5.74, 6) is 2.79. The van der Waals surface area contributed by atoms with Crippen molar-refractivity contribution < 1.29 is 9.59 Å². The molecule has 1 saturated heterocycles. The van der Waals surface area contributed by atoms with Crippen molar-refractivity contribution in [1.82, 2.24) is 9.88 Å². The van der Waals surface area contributed by atoms with Gasteiger partial charge in [0, 0.05) is 31.0 Å². The van der Waals surface area contributed by atoms with Gasteiger partial charge >= 0.3 is 0 Å². The van der Waals surface area contributed by atoms with Crippen LogP contribution in [0.1, 0.15) is 72.1 Å². The Bertz CT molecular complexity index is 1200. The topological polar surface area (TPSA) is 62.3 Å². The number of fused-ring (bicyclic) bond motifs is 6. The second kappa shape index (κ2) is 8.16. The quantitative estimate of drug-likeness (QED) is 0.525. The van der Waals surface area contributed by atoms with Crippen molar-refractivity contribution in [3.63, 3.8) is 0 Å². The summed E-state index contributed by atoms with van der Waals surface area (Å²) >= 11 is 1.55. The average Bonchev–Trinajstić information content (AvgIpc) is 3.37. The maximum absolute atomic E-state index is 13.1. The molecule has 0 spiro atoms. The Balaban J connectivity index is 1.20. The summed E-state index contributed by atoms with van der Waals surface area (Å²) in [6, 6.07) is 8.04. The number of likely N-dealkylation sites (tertiary alicyclic amines) is 1. The van der Waals surface area contributed by atoms with Crippen LogP contribution in [0.2, 0.25) is 0 Å². The van der Waals surface area contributed by atoms with Gasteiger partial charge in [-0.1, -0.05) is 42.9 Å². The van der Waals surface area contributed by atoms with Crippen molar-refractivity contribution in [3.05, 3.63) is 35.5 Å². The molecule has 5 nitrogen and oxygen atoms in total. The second-order valence-corrected chi connectivity index (χ2v) is 13.2. The number of carbonyl (C=O) groups is 2. The summed E-state index contributed by atoms with van der Waals surface area (Å²) in [5, 5.41) is 3.82. The Hall–Kier alpha value is -2.21. The SMILES string of the molecule is CC1=C2N(C)C(=O)CC[C@]2(C)[C@H]2CC[C@]3(C)[C@@H](CC(=O)Nc4nc5ccccc5s4)CC[C@H]3[C@@H]2C1. The Morgan fingerprint density at radius 3 is 2.77 bits per heavy atom. The number of aromatic nitrogens is 1. The third-order valence-electron chi connectivity index (χ3n) is 10.5. The highest BCUT2D eigenvalue weighted by Crippen LogP contribution is 2.67. The molecule has 2 amide bonds. The van der Waals surface area contributed by atoms with Gasteiger partial charge in [-0.15, -0.1) is 0 Å². The van der Waals surface area contributed by atoms with Crippen molar-refractivity contribution in [2.75, 3.05) is 12.4 Å². The van der Waals surface area contributed by atoms with Gasteiger partial charge in [0.15, 0.2) is 5.13 Å². The lowest BCUT2D eigenvalue weighted by Crippen LogP contribution is -2.54. The van der Waals surface area contributed by atoms with E-state index in [1.54, 1.807) is 11.3 Å². The van der Waals surface area contributed by atoms with E-state index < -0.39 is 0 Å². The molecule has 35 heavy (non-hydrogen) atoms. The third-order valence-corrected chi connectivity index (χ3v) is 11.4. The maximum atomic E-state index is 13.1. The normalized spacial score (nSPS) is 36.7. The van der Waals surface area contributed by atoms with E-state index in [-0.39, 0.29) is 22.6 Å². The fraction of sp³-hybridized carbons (Fsp3) is 0.621. The first-order valence-electron chi connectivity index (χ1n) is 13.3. The van der Waals surface area contributed by atoms with E-state index >= 15 is 0 Å². The number of piperidine rings is 1. The van der Waals surface area contributed by atoms with Gasteiger partial charge in [-0.25, -0.2) is 4.98 Å². The minimum atomic E-state index is 0.110. The molecule has 2 heterocycles. The maximum Gasteiger partial charge on any atom is 0.226 e. The van der Waals surface area contributed by atoms with Crippen LogP contribution in [0.4, 0.5) is 5.13 Å². The number of carbonyl (C=O) groups excluding carboxylic acids is 2. The van der Waals surface area contributed by atoms with E-state index in [9.17, 15) is 9.59 Å². The van der Waals surface area contributed by atoms with Crippen LogP contribution in [0.15, 0.2) is 35.5 Å². The van der Waals surface area contributed by atoms with Crippen LogP contribution in [0.25, 0.3) is 10.2 Å². The van der Waals surface area contributed by atoms with Gasteiger partial charge in [0.25, 0.3) is 0 Å². The van der Waals surface area contributed by atoms with Crippen LogP contribution in [0.3, 0.4) is 0 Å². The lowest BCUT2D eigenvalue weighted by atomic mass is 9.48. The van der Waals surface area contributed by atoms with Gasteiger partial charge in [0.1, 0.15) is 0 Å². The van der Waals surface area contributed by atoms with Crippen molar-refractivity contribution in [1.29, 1.82) is 0 Å². The second-order valence-electron chi connectivity index (χ2n) is 12.1. The van der Waals surface area contributed by atoms with Crippen molar-refractivity contribution in [3.8, 4) is 0 Å². The number of anilines is 1. The molecular formula is C29H37N3O2S. The molecule has 3 aliphatic carbocycles. The number of nitrogens with one attached hydrogen (secondary N) is 1. The first-order chi connectivity index (χ1) is 16.7. The zero-order chi connectivity index (χ0) is 24.5. The van der Waals surface area contributed by atoms with Crippen LogP contribution in [-0.4, -0.2) is 28.7 Å². The smallest absolute Gasteiger partial charge is 0.226 e. The van der Waals surface area contributed by atoms with Gasteiger partial charge < -0.3 is 10.2 Å². The molecule has 1 aromatic heterocycles. The molecule has 0 unspecified atom stereocenters. The fourth-order valence-corrected chi connectivity index (χ4v) is 9.75. The van der Waals surface area contributed by atoms with Crippen LogP contribution < -0.4 is 5.32 Å². The molecule has 3 fully saturated rings. The summed E-state index contributed by atoms with van der Waals surface area (Å²) in [7, 11) is 1.99. The zero-order valence-electron chi connectivity index (χ0n) is 21.4. The lowest BCUT2D eigenvalue weighted by molar-refractivity contribution is -0.136. The molecule has 0 radical (unpaired) electrons. The Kier molecular flexibility index (Phi) is 5.41. The number of hydrogen-bond acceptors (Lipinski definition) is 4. The molecule has 0 bridgehead atoms. The molecule has 186 valence electrons. The minimum Gasteiger partial charge on any atom is -0.319 e. The van der Waals surface area contributed by atoms with Gasteiger partial charge in [-0.3, -0.25) is 9.59 Å². The summed E-state index contributed by atoms with van der Waals surface area (Å²) in [4.78, 5) is 32.2. The van der Waals surface area contributed by atoms with E-state index in [2.05, 4.69) is 37.1 Å². The van der Waals surface area contributed by atoms with Gasteiger partial charge in [0.2, 0.25) is 11.8 Å². The lowest BCUT2D eigenvalue weighted by Gasteiger charge is -2.59. The first-order valence-corrected chi connectivity index (χ1v) is 14.1. The Morgan fingerprint density at radius 2 is 1.97 bits per heavy atom. The molecule has 6 atom stereocenters. The average molecular weight is 492 g/mol. The van der Waals surface area contributed by atoms with E-state index in [0.29, 0.717) is 41.6 Å². The Labute approximate surface area is 212 Å². The first kappa shape index (κ1) is 23.2. The molecular weight excluding hydrogens is 454 g/mol.